The fourth-order valence-corrected chi connectivity index (χ4v) is 3.90. The lowest BCUT2D eigenvalue weighted by atomic mass is 10.1. The number of rotatable bonds is 15. The van der Waals surface area contributed by atoms with E-state index in [9.17, 15) is 4.57 Å². The average Bonchev–Trinajstić information content (AvgIpc) is 2.41. The molecule has 0 aromatic heterocycles. The highest BCUT2D eigenvalue weighted by atomic mass is 35.7. The second kappa shape index (κ2) is 14.4. The van der Waals surface area contributed by atoms with Gasteiger partial charge in [0.25, 0.3) is 6.72 Å². The molecule has 0 aliphatic carbocycles. The van der Waals surface area contributed by atoms with E-state index >= 15 is 0 Å². The van der Waals surface area contributed by atoms with Crippen LogP contribution in [0.4, 0.5) is 0 Å². The second-order valence-electron chi connectivity index (χ2n) is 5.68. The third-order valence-electron chi connectivity index (χ3n) is 3.56. The number of hydrogen-bond donors (Lipinski definition) is 0. The van der Waals surface area contributed by atoms with Crippen LogP contribution in [0.2, 0.25) is 0 Å². The average molecular weight is 325 g/mol. The van der Waals surface area contributed by atoms with Crippen LogP contribution >= 0.6 is 18.0 Å². The van der Waals surface area contributed by atoms with Crippen LogP contribution in [0.3, 0.4) is 0 Å². The fourth-order valence-electron chi connectivity index (χ4n) is 2.20. The molecule has 0 aromatic carbocycles. The highest BCUT2D eigenvalue weighted by Crippen LogP contribution is 2.53. The molecule has 0 aromatic rings. The van der Waals surface area contributed by atoms with Gasteiger partial charge in [-0.2, -0.15) is 0 Å². The predicted octanol–water partition coefficient (Wildman–Crippen LogP) is 7.16. The molecule has 0 saturated heterocycles. The van der Waals surface area contributed by atoms with Gasteiger partial charge < -0.3 is 4.52 Å². The van der Waals surface area contributed by atoms with Gasteiger partial charge in [0.1, 0.15) is 0 Å². The van der Waals surface area contributed by atoms with Crippen LogP contribution in [0.25, 0.3) is 0 Å². The standard InChI is InChI=1S/C16H34ClO2P/c1-3-5-7-8-9-10-11-12-13-14-16-20(17,18)19-15-6-4-2/h3-16H2,1-2H3. The van der Waals surface area contributed by atoms with E-state index in [1.54, 1.807) is 0 Å². The van der Waals surface area contributed by atoms with Crippen molar-refractivity contribution in [2.75, 3.05) is 12.8 Å². The van der Waals surface area contributed by atoms with Crippen molar-refractivity contribution in [2.45, 2.75) is 90.9 Å². The lowest BCUT2D eigenvalue weighted by molar-refractivity contribution is 0.315. The van der Waals surface area contributed by atoms with Crippen LogP contribution in [0.5, 0.6) is 0 Å². The van der Waals surface area contributed by atoms with Crippen molar-refractivity contribution in [3.05, 3.63) is 0 Å². The molecule has 1 atom stereocenters. The summed E-state index contributed by atoms with van der Waals surface area (Å²) < 4.78 is 17.1. The predicted molar refractivity (Wildman–Crippen MR) is 91.0 cm³/mol. The minimum Gasteiger partial charge on any atom is -0.318 e. The molecule has 0 fully saturated rings. The van der Waals surface area contributed by atoms with E-state index in [2.05, 4.69) is 13.8 Å². The van der Waals surface area contributed by atoms with Crippen LogP contribution in [-0.4, -0.2) is 12.8 Å². The van der Waals surface area contributed by atoms with Gasteiger partial charge in [-0.1, -0.05) is 78.1 Å². The zero-order valence-electron chi connectivity index (χ0n) is 13.5. The third-order valence-corrected chi connectivity index (χ3v) is 5.78. The topological polar surface area (TPSA) is 26.3 Å². The first-order valence-electron chi connectivity index (χ1n) is 8.55. The maximum atomic E-state index is 11.9. The summed E-state index contributed by atoms with van der Waals surface area (Å²) in [5.41, 5.74) is 0. The fraction of sp³-hybridized carbons (Fsp3) is 1.00. The van der Waals surface area contributed by atoms with Crippen molar-refractivity contribution in [3.63, 3.8) is 0 Å². The first kappa shape index (κ1) is 20.5. The Labute approximate surface area is 131 Å². The number of unbranched alkanes of at least 4 members (excludes halogenated alkanes) is 10. The van der Waals surface area contributed by atoms with Crippen molar-refractivity contribution in [3.8, 4) is 0 Å². The lowest BCUT2D eigenvalue weighted by Crippen LogP contribution is -1.93. The molecule has 122 valence electrons. The van der Waals surface area contributed by atoms with E-state index in [1.807, 2.05) is 0 Å². The summed E-state index contributed by atoms with van der Waals surface area (Å²) in [6, 6.07) is 0. The molecule has 0 aliphatic rings. The maximum absolute atomic E-state index is 11.9. The Kier molecular flexibility index (Phi) is 14.8. The summed E-state index contributed by atoms with van der Waals surface area (Å²) in [7, 11) is 0. The third kappa shape index (κ3) is 14.9. The Bertz CT molecular complexity index is 247. The molecule has 0 aliphatic heterocycles. The van der Waals surface area contributed by atoms with Gasteiger partial charge in [0.05, 0.1) is 6.61 Å². The molecule has 20 heavy (non-hydrogen) atoms. The number of hydrogen-bond acceptors (Lipinski definition) is 2. The number of halogens is 1. The van der Waals surface area contributed by atoms with E-state index < -0.39 is 6.72 Å². The first-order chi connectivity index (χ1) is 9.62. The Morgan fingerprint density at radius 1 is 0.750 bits per heavy atom. The first-order valence-corrected chi connectivity index (χ1v) is 11.3. The normalized spacial score (nSPS) is 14.3. The van der Waals surface area contributed by atoms with Crippen LogP contribution in [0.1, 0.15) is 90.9 Å². The van der Waals surface area contributed by atoms with Gasteiger partial charge in [-0.3, -0.25) is 4.57 Å². The molecule has 4 heteroatoms. The van der Waals surface area contributed by atoms with E-state index in [0.29, 0.717) is 12.8 Å². The Morgan fingerprint density at radius 2 is 1.20 bits per heavy atom. The van der Waals surface area contributed by atoms with Crippen molar-refractivity contribution in [1.82, 2.24) is 0 Å². The van der Waals surface area contributed by atoms with Gasteiger partial charge in [-0.25, -0.2) is 0 Å². The molecule has 0 bridgehead atoms. The summed E-state index contributed by atoms with van der Waals surface area (Å²) in [5.74, 6) is 0. The highest BCUT2D eigenvalue weighted by molar-refractivity contribution is 7.85. The van der Waals surface area contributed by atoms with Gasteiger partial charge in [0.15, 0.2) is 0 Å². The SMILES string of the molecule is CCCCCCCCCCCCP(=O)(Cl)OCCCC. The summed E-state index contributed by atoms with van der Waals surface area (Å²) in [6.45, 7) is 2.05. The summed E-state index contributed by atoms with van der Waals surface area (Å²) in [5, 5.41) is 0. The molecule has 0 rings (SSSR count). The Morgan fingerprint density at radius 3 is 1.70 bits per heavy atom. The molecular formula is C16H34ClO2P. The van der Waals surface area contributed by atoms with Gasteiger partial charge in [0, 0.05) is 6.16 Å². The highest BCUT2D eigenvalue weighted by Gasteiger charge is 2.17. The summed E-state index contributed by atoms with van der Waals surface area (Å²) in [4.78, 5) is 0. The maximum Gasteiger partial charge on any atom is 0.290 e. The second-order valence-corrected chi connectivity index (χ2v) is 9.11. The van der Waals surface area contributed by atoms with Crippen molar-refractivity contribution in [2.24, 2.45) is 0 Å². The Balaban J connectivity index is 3.28. The molecule has 0 amide bonds. The van der Waals surface area contributed by atoms with Crippen molar-refractivity contribution < 1.29 is 9.09 Å². The van der Waals surface area contributed by atoms with Crippen LogP contribution < -0.4 is 0 Å². The smallest absolute Gasteiger partial charge is 0.290 e. The molecule has 2 nitrogen and oxygen atoms in total. The Hall–Kier alpha value is 0.480. The molecule has 0 N–H and O–H groups in total. The molecule has 0 saturated carbocycles. The monoisotopic (exact) mass is 324 g/mol. The summed E-state index contributed by atoms with van der Waals surface area (Å²) in [6.07, 6.45) is 15.3. The van der Waals surface area contributed by atoms with Gasteiger partial charge >= 0.3 is 0 Å². The van der Waals surface area contributed by atoms with Crippen molar-refractivity contribution in [1.29, 1.82) is 0 Å². The lowest BCUT2D eigenvalue weighted by Gasteiger charge is -2.10. The molecule has 1 unspecified atom stereocenters. The van der Waals surface area contributed by atoms with Crippen LogP contribution in [0.15, 0.2) is 0 Å². The van der Waals surface area contributed by atoms with Gasteiger partial charge in [0.2, 0.25) is 0 Å². The van der Waals surface area contributed by atoms with E-state index in [1.165, 1.54) is 51.4 Å². The molecular weight excluding hydrogens is 291 g/mol. The summed E-state index contributed by atoms with van der Waals surface area (Å²) >= 11 is 5.92. The quantitative estimate of drug-likeness (QED) is 0.236. The van der Waals surface area contributed by atoms with Crippen LogP contribution in [-0.2, 0) is 9.09 Å². The van der Waals surface area contributed by atoms with Gasteiger partial charge in [-0.15, -0.1) is 0 Å². The zero-order valence-corrected chi connectivity index (χ0v) is 15.2. The van der Waals surface area contributed by atoms with Crippen LogP contribution in [0, 0.1) is 0 Å². The minimum atomic E-state index is -2.82. The minimum absolute atomic E-state index is 0.536. The van der Waals surface area contributed by atoms with Gasteiger partial charge in [-0.05, 0) is 24.1 Å². The molecule has 0 spiro atoms. The zero-order chi connectivity index (χ0) is 15.1. The van der Waals surface area contributed by atoms with Crippen molar-refractivity contribution >= 4 is 18.0 Å². The van der Waals surface area contributed by atoms with E-state index in [-0.39, 0.29) is 0 Å². The molecule has 0 heterocycles. The molecule has 0 radical (unpaired) electrons. The largest absolute Gasteiger partial charge is 0.318 e. The van der Waals surface area contributed by atoms with E-state index in [0.717, 1.165) is 25.7 Å². The van der Waals surface area contributed by atoms with E-state index in [4.69, 9.17) is 15.8 Å².